The average Bonchev–Trinajstić information content (AvgIpc) is 3.30. The fourth-order valence-electron chi connectivity index (χ4n) is 3.34. The number of rotatable bonds is 7. The van der Waals surface area contributed by atoms with Gasteiger partial charge in [-0.15, -0.1) is 5.17 Å². The number of nitrogens with one attached hydrogen (secondary N) is 1. The number of hydrogen-bond donors (Lipinski definition) is 2. The molecular formula is C21H20N2O8S. The zero-order valence-electron chi connectivity index (χ0n) is 16.9. The molecule has 4 rings (SSSR count). The van der Waals surface area contributed by atoms with Gasteiger partial charge in [-0.25, -0.2) is 13.2 Å². The second-order valence-electron chi connectivity index (χ2n) is 7.28. The molecule has 0 radical (unpaired) electrons. The van der Waals surface area contributed by atoms with Crippen molar-refractivity contribution in [2.45, 2.75) is 37.1 Å². The van der Waals surface area contributed by atoms with Crippen molar-refractivity contribution in [3.05, 3.63) is 71.3 Å². The molecule has 1 aliphatic heterocycles. The molecule has 1 heterocycles. The number of carbonyl (C=O) groups is 2. The summed E-state index contributed by atoms with van der Waals surface area (Å²) >= 11 is 0. The Labute approximate surface area is 184 Å². The van der Waals surface area contributed by atoms with Crippen molar-refractivity contribution in [2.75, 3.05) is 0 Å². The first-order chi connectivity index (χ1) is 15.2. The quantitative estimate of drug-likeness (QED) is 0.365. The molecule has 1 fully saturated rings. The number of aryl methyl sites for hydroxylation is 1. The molecule has 0 saturated carbocycles. The van der Waals surface area contributed by atoms with Crippen LogP contribution in [0, 0.1) is 6.92 Å². The minimum atomic E-state index is -4.25. The molecule has 1 amide bonds. The highest BCUT2D eigenvalue weighted by atomic mass is 32.2. The van der Waals surface area contributed by atoms with Crippen molar-refractivity contribution in [1.29, 1.82) is 0 Å². The van der Waals surface area contributed by atoms with E-state index in [1.165, 1.54) is 30.3 Å². The molecule has 0 bridgehead atoms. The number of carbonyl (C=O) groups excluding carboxylic acids is 2. The van der Waals surface area contributed by atoms with E-state index in [0.29, 0.717) is 12.4 Å². The second-order valence-corrected chi connectivity index (χ2v) is 8.94. The lowest BCUT2D eigenvalue weighted by molar-refractivity contribution is -0.167. The topological polar surface area (TPSA) is 131 Å². The molecule has 10 nitrogen and oxygen atoms in total. The van der Waals surface area contributed by atoms with E-state index in [0.717, 1.165) is 11.1 Å². The van der Waals surface area contributed by atoms with E-state index < -0.39 is 34.3 Å². The van der Waals surface area contributed by atoms with Gasteiger partial charge in [-0.3, -0.25) is 10.0 Å². The van der Waals surface area contributed by atoms with Crippen LogP contribution in [0.15, 0.2) is 65.1 Å². The van der Waals surface area contributed by atoms with E-state index in [-0.39, 0.29) is 22.1 Å². The SMILES string of the molecule is Cc1ccccc1COc1ccc(S(=O)(=O)NN(O)C(=O)C2=CC3OC(=O)OC3C2)cc1. The average molecular weight is 460 g/mol. The fraction of sp³-hybridized carbons (Fsp3) is 0.238. The smallest absolute Gasteiger partial charge is 0.489 e. The first-order valence-corrected chi connectivity index (χ1v) is 11.1. The molecule has 2 aromatic carbocycles. The summed E-state index contributed by atoms with van der Waals surface area (Å²) in [6.45, 7) is 2.29. The summed E-state index contributed by atoms with van der Waals surface area (Å²) in [4.78, 5) is 25.0. The van der Waals surface area contributed by atoms with Crippen molar-refractivity contribution in [1.82, 2.24) is 10.0 Å². The van der Waals surface area contributed by atoms with E-state index in [9.17, 15) is 23.2 Å². The number of amides is 1. The highest BCUT2D eigenvalue weighted by molar-refractivity contribution is 7.89. The minimum absolute atomic E-state index is 0.000944. The zero-order chi connectivity index (χ0) is 22.9. The first kappa shape index (κ1) is 21.8. The standard InChI is InChI=1S/C21H20N2O8S/c1-13-4-2-3-5-14(13)12-29-16-6-8-17(9-7-16)32(27,28)22-23(26)20(24)15-10-18-19(11-15)31-21(25)30-18/h2-10,18-19,22,26H,11-12H2,1H3. The van der Waals surface area contributed by atoms with Gasteiger partial charge >= 0.3 is 6.16 Å². The zero-order valence-corrected chi connectivity index (χ0v) is 17.7. The monoisotopic (exact) mass is 460 g/mol. The van der Waals surface area contributed by atoms with E-state index >= 15 is 0 Å². The van der Waals surface area contributed by atoms with Crippen molar-refractivity contribution in [3.8, 4) is 5.75 Å². The third kappa shape index (κ3) is 4.59. The number of benzene rings is 2. The number of hydrogen-bond acceptors (Lipinski definition) is 8. The number of nitrogens with zero attached hydrogens (tertiary/aromatic N) is 1. The molecule has 1 aliphatic carbocycles. The van der Waals surface area contributed by atoms with Gasteiger partial charge in [0.05, 0.1) is 4.90 Å². The summed E-state index contributed by atoms with van der Waals surface area (Å²) in [5.74, 6) is -0.540. The molecule has 1 saturated heterocycles. The summed E-state index contributed by atoms with van der Waals surface area (Å²) < 4.78 is 40.4. The molecule has 2 unspecified atom stereocenters. The van der Waals surface area contributed by atoms with Gasteiger partial charge in [0, 0.05) is 12.0 Å². The lowest BCUT2D eigenvalue weighted by Gasteiger charge is -2.17. The maximum Gasteiger partial charge on any atom is 0.509 e. The van der Waals surface area contributed by atoms with Crippen LogP contribution in [-0.4, -0.2) is 43.1 Å². The van der Waals surface area contributed by atoms with Crippen LogP contribution in [0.25, 0.3) is 0 Å². The maximum absolute atomic E-state index is 12.5. The number of hydrazine groups is 1. The Hall–Kier alpha value is -3.41. The number of fused-ring (bicyclic) bond motifs is 1. The van der Waals surface area contributed by atoms with E-state index in [4.69, 9.17) is 14.2 Å². The van der Waals surface area contributed by atoms with Crippen LogP contribution in [0.3, 0.4) is 0 Å². The van der Waals surface area contributed by atoms with Crippen LogP contribution >= 0.6 is 0 Å². The maximum atomic E-state index is 12.5. The number of ether oxygens (including phenoxy) is 3. The van der Waals surface area contributed by atoms with Crippen LogP contribution in [0.5, 0.6) is 5.75 Å². The lowest BCUT2D eigenvalue weighted by Crippen LogP contribution is -2.44. The summed E-state index contributed by atoms with van der Waals surface area (Å²) in [5, 5.41) is 9.84. The van der Waals surface area contributed by atoms with Crippen LogP contribution in [-0.2, 0) is 30.9 Å². The predicted molar refractivity (Wildman–Crippen MR) is 109 cm³/mol. The third-order valence-electron chi connectivity index (χ3n) is 5.10. The minimum Gasteiger partial charge on any atom is -0.489 e. The molecule has 2 aliphatic rings. The van der Waals surface area contributed by atoms with Crippen molar-refractivity contribution >= 4 is 22.1 Å². The van der Waals surface area contributed by atoms with E-state index in [2.05, 4.69) is 0 Å². The molecule has 2 atom stereocenters. The molecular weight excluding hydrogens is 440 g/mol. The van der Waals surface area contributed by atoms with Crippen LogP contribution < -0.4 is 9.57 Å². The van der Waals surface area contributed by atoms with Crippen LogP contribution in [0.1, 0.15) is 17.5 Å². The van der Waals surface area contributed by atoms with Crippen molar-refractivity contribution in [3.63, 3.8) is 0 Å². The molecule has 2 aromatic rings. The Morgan fingerprint density at radius 2 is 1.91 bits per heavy atom. The van der Waals surface area contributed by atoms with Crippen molar-refractivity contribution in [2.24, 2.45) is 0 Å². The summed E-state index contributed by atoms with van der Waals surface area (Å²) in [5.41, 5.74) is 2.14. The van der Waals surface area contributed by atoms with Crippen LogP contribution in [0.2, 0.25) is 0 Å². The van der Waals surface area contributed by atoms with Gasteiger partial charge < -0.3 is 14.2 Å². The normalized spacial score (nSPS) is 19.6. The van der Waals surface area contributed by atoms with Crippen molar-refractivity contribution < 1.29 is 37.4 Å². The Morgan fingerprint density at radius 1 is 1.19 bits per heavy atom. The Morgan fingerprint density at radius 3 is 2.59 bits per heavy atom. The highest BCUT2D eigenvalue weighted by Gasteiger charge is 2.43. The van der Waals surface area contributed by atoms with Gasteiger partial charge in [0.2, 0.25) is 0 Å². The second kappa shape index (κ2) is 8.61. The van der Waals surface area contributed by atoms with Gasteiger partial charge in [0.15, 0.2) is 12.2 Å². The summed E-state index contributed by atoms with van der Waals surface area (Å²) in [6, 6.07) is 13.3. The van der Waals surface area contributed by atoms with Crippen LogP contribution in [0.4, 0.5) is 4.79 Å². The molecule has 0 aromatic heterocycles. The summed E-state index contributed by atoms with van der Waals surface area (Å²) in [7, 11) is -4.25. The van der Waals surface area contributed by atoms with Gasteiger partial charge in [-0.05, 0) is 48.4 Å². The lowest BCUT2D eigenvalue weighted by atomic mass is 10.1. The third-order valence-corrected chi connectivity index (χ3v) is 6.40. The molecule has 168 valence electrons. The highest BCUT2D eigenvalue weighted by Crippen LogP contribution is 2.30. The summed E-state index contributed by atoms with van der Waals surface area (Å²) in [6.07, 6.45) is -0.926. The van der Waals surface area contributed by atoms with E-state index in [1.54, 1.807) is 4.83 Å². The van der Waals surface area contributed by atoms with Gasteiger partial charge in [-0.2, -0.15) is 0 Å². The van der Waals surface area contributed by atoms with E-state index in [1.807, 2.05) is 31.2 Å². The largest absolute Gasteiger partial charge is 0.509 e. The fourth-order valence-corrected chi connectivity index (χ4v) is 4.25. The first-order valence-electron chi connectivity index (χ1n) is 9.64. The predicted octanol–water partition coefficient (Wildman–Crippen LogP) is 2.22. The van der Waals surface area contributed by atoms with Gasteiger partial charge in [0.1, 0.15) is 12.4 Å². The number of sulfonamides is 1. The molecule has 0 spiro atoms. The van der Waals surface area contributed by atoms with Gasteiger partial charge in [-0.1, -0.05) is 29.1 Å². The molecule has 11 heteroatoms. The molecule has 32 heavy (non-hydrogen) atoms. The van der Waals surface area contributed by atoms with Gasteiger partial charge in [0.25, 0.3) is 15.9 Å². The molecule has 2 N–H and O–H groups in total. The Bertz CT molecular complexity index is 1180. The Kier molecular flexibility index (Phi) is 5.87. The number of hydroxylamine groups is 1. The Balaban J connectivity index is 1.37.